The highest BCUT2D eigenvalue weighted by atomic mass is 16.4. The lowest BCUT2D eigenvalue weighted by molar-refractivity contribution is -0.141. The fourth-order valence-corrected chi connectivity index (χ4v) is 1.15. The zero-order valence-corrected chi connectivity index (χ0v) is 10.3. The van der Waals surface area contributed by atoms with E-state index in [2.05, 4.69) is 16.6 Å². The van der Waals surface area contributed by atoms with Gasteiger partial charge >= 0.3 is 12.0 Å². The summed E-state index contributed by atoms with van der Waals surface area (Å²) >= 11 is 0. The van der Waals surface area contributed by atoms with Crippen LogP contribution in [0.5, 0.6) is 0 Å². The Kier molecular flexibility index (Phi) is 7.61. The van der Waals surface area contributed by atoms with Crippen LogP contribution in [-0.4, -0.2) is 29.7 Å². The Labute approximate surface area is 102 Å². The van der Waals surface area contributed by atoms with Crippen molar-refractivity contribution in [2.75, 3.05) is 6.54 Å². The van der Waals surface area contributed by atoms with E-state index in [1.165, 1.54) is 0 Å². The van der Waals surface area contributed by atoms with Gasteiger partial charge in [-0.05, 0) is 26.7 Å². The number of hydrogen-bond acceptors (Lipinski definition) is 2. The number of hydrogen-bond donors (Lipinski definition) is 3. The van der Waals surface area contributed by atoms with Crippen LogP contribution in [0, 0.1) is 18.3 Å². The third kappa shape index (κ3) is 7.23. The molecular formula is C12H20N2O3. The van der Waals surface area contributed by atoms with E-state index in [9.17, 15) is 9.59 Å². The topological polar surface area (TPSA) is 78.4 Å². The van der Waals surface area contributed by atoms with Crippen molar-refractivity contribution in [1.82, 2.24) is 10.6 Å². The van der Waals surface area contributed by atoms with E-state index in [4.69, 9.17) is 11.5 Å². The Morgan fingerprint density at radius 1 is 1.35 bits per heavy atom. The maximum Gasteiger partial charge on any atom is 0.315 e. The van der Waals surface area contributed by atoms with E-state index in [1.54, 1.807) is 13.8 Å². The molecule has 0 aliphatic heterocycles. The first kappa shape index (κ1) is 15.3. The van der Waals surface area contributed by atoms with E-state index >= 15 is 0 Å². The molecule has 0 aliphatic rings. The monoisotopic (exact) mass is 240 g/mol. The van der Waals surface area contributed by atoms with Gasteiger partial charge in [-0.25, -0.2) is 4.79 Å². The molecule has 0 radical (unpaired) electrons. The molecule has 0 aromatic carbocycles. The van der Waals surface area contributed by atoms with Gasteiger partial charge in [0.2, 0.25) is 0 Å². The molecule has 0 rings (SSSR count). The van der Waals surface area contributed by atoms with E-state index in [0.29, 0.717) is 13.0 Å². The van der Waals surface area contributed by atoms with Crippen LogP contribution in [0.4, 0.5) is 4.79 Å². The van der Waals surface area contributed by atoms with E-state index in [0.717, 1.165) is 12.8 Å². The van der Waals surface area contributed by atoms with Gasteiger partial charge in [0.25, 0.3) is 0 Å². The first-order valence-electron chi connectivity index (χ1n) is 5.69. The van der Waals surface area contributed by atoms with Crippen LogP contribution < -0.4 is 10.6 Å². The number of nitrogens with one attached hydrogen (secondary N) is 2. The summed E-state index contributed by atoms with van der Waals surface area (Å²) < 4.78 is 0. The van der Waals surface area contributed by atoms with Crippen LogP contribution in [0.3, 0.4) is 0 Å². The summed E-state index contributed by atoms with van der Waals surface area (Å²) in [6.45, 7) is 3.76. The molecule has 2 unspecified atom stereocenters. The van der Waals surface area contributed by atoms with Crippen LogP contribution >= 0.6 is 0 Å². The molecule has 0 fully saturated rings. The van der Waals surface area contributed by atoms with Crippen molar-refractivity contribution in [3.8, 4) is 12.3 Å². The number of rotatable bonds is 7. The third-order valence-corrected chi connectivity index (χ3v) is 2.53. The quantitative estimate of drug-likeness (QED) is 0.462. The summed E-state index contributed by atoms with van der Waals surface area (Å²) in [4.78, 5) is 22.0. The largest absolute Gasteiger partial charge is 0.481 e. The summed E-state index contributed by atoms with van der Waals surface area (Å²) in [5.74, 6) is 0.989. The first-order chi connectivity index (χ1) is 7.99. The van der Waals surface area contributed by atoms with Gasteiger partial charge in [0.05, 0.1) is 5.92 Å². The lowest BCUT2D eigenvalue weighted by atomic mass is 10.0. The summed E-state index contributed by atoms with van der Waals surface area (Å²) in [6.07, 6.45) is 7.49. The number of carboxylic acids is 1. The summed E-state index contributed by atoms with van der Waals surface area (Å²) in [7, 11) is 0. The molecule has 5 nitrogen and oxygen atoms in total. The molecule has 0 aliphatic carbocycles. The minimum atomic E-state index is -0.924. The molecule has 0 bridgehead atoms. The fraction of sp³-hybridized carbons (Fsp3) is 0.667. The number of carbonyl (C=O) groups excluding carboxylic acids is 1. The smallest absolute Gasteiger partial charge is 0.315 e. The Hall–Kier alpha value is -1.70. The van der Waals surface area contributed by atoms with Gasteiger partial charge in [-0.3, -0.25) is 4.79 Å². The number of carboxylic acid groups (broad SMARTS) is 1. The van der Waals surface area contributed by atoms with Gasteiger partial charge in [-0.15, -0.1) is 12.3 Å². The first-order valence-corrected chi connectivity index (χ1v) is 5.69. The molecule has 0 saturated heterocycles. The minimum Gasteiger partial charge on any atom is -0.481 e. The van der Waals surface area contributed by atoms with Crippen molar-refractivity contribution in [1.29, 1.82) is 0 Å². The van der Waals surface area contributed by atoms with Gasteiger partial charge in [0.1, 0.15) is 0 Å². The van der Waals surface area contributed by atoms with Gasteiger partial charge in [-0.1, -0.05) is 0 Å². The second-order valence-electron chi connectivity index (χ2n) is 3.98. The van der Waals surface area contributed by atoms with Crippen LogP contribution in [-0.2, 0) is 4.79 Å². The molecule has 0 aromatic heterocycles. The number of unbranched alkanes of at least 4 members (excludes halogenated alkanes) is 2. The van der Waals surface area contributed by atoms with Gasteiger partial charge < -0.3 is 15.7 Å². The van der Waals surface area contributed by atoms with Crippen molar-refractivity contribution < 1.29 is 14.7 Å². The second kappa shape index (κ2) is 8.45. The zero-order valence-electron chi connectivity index (χ0n) is 10.3. The van der Waals surface area contributed by atoms with E-state index in [1.807, 2.05) is 0 Å². The van der Waals surface area contributed by atoms with E-state index < -0.39 is 17.9 Å². The molecule has 2 atom stereocenters. The molecule has 2 amide bonds. The molecule has 0 saturated carbocycles. The Morgan fingerprint density at radius 2 is 2.00 bits per heavy atom. The SMILES string of the molecule is C#CCCCCNC(=O)NC(C)C(C)C(=O)O. The Bertz CT molecular complexity index is 297. The third-order valence-electron chi connectivity index (χ3n) is 2.53. The number of amides is 2. The second-order valence-corrected chi connectivity index (χ2v) is 3.98. The van der Waals surface area contributed by atoms with Gasteiger partial charge in [0, 0.05) is 19.0 Å². The molecule has 5 heteroatoms. The summed E-state index contributed by atoms with van der Waals surface area (Å²) in [6, 6.07) is -0.746. The highest BCUT2D eigenvalue weighted by molar-refractivity contribution is 5.76. The average Bonchev–Trinajstić information content (AvgIpc) is 2.27. The molecule has 0 aromatic rings. The predicted molar refractivity (Wildman–Crippen MR) is 65.5 cm³/mol. The molecular weight excluding hydrogens is 220 g/mol. The highest BCUT2D eigenvalue weighted by Gasteiger charge is 2.20. The van der Waals surface area contributed by atoms with Gasteiger partial charge in [0.15, 0.2) is 0 Å². The van der Waals surface area contributed by atoms with Crippen LogP contribution in [0.2, 0.25) is 0 Å². The fourth-order valence-electron chi connectivity index (χ4n) is 1.15. The summed E-state index contributed by atoms with van der Waals surface area (Å²) in [5.41, 5.74) is 0. The lowest BCUT2D eigenvalue weighted by Crippen LogP contribution is -2.45. The van der Waals surface area contributed by atoms with Crippen LogP contribution in [0.1, 0.15) is 33.1 Å². The maximum absolute atomic E-state index is 11.4. The molecule has 17 heavy (non-hydrogen) atoms. The average molecular weight is 240 g/mol. The summed E-state index contributed by atoms with van der Waals surface area (Å²) in [5, 5.41) is 14.0. The minimum absolute atomic E-state index is 0.341. The Morgan fingerprint density at radius 3 is 2.53 bits per heavy atom. The van der Waals surface area contributed by atoms with Crippen molar-refractivity contribution in [3.63, 3.8) is 0 Å². The highest BCUT2D eigenvalue weighted by Crippen LogP contribution is 2.01. The van der Waals surface area contributed by atoms with Crippen molar-refractivity contribution in [3.05, 3.63) is 0 Å². The number of carbonyl (C=O) groups is 2. The number of urea groups is 1. The number of terminal acetylenes is 1. The van der Waals surface area contributed by atoms with Crippen molar-refractivity contribution >= 4 is 12.0 Å². The van der Waals surface area contributed by atoms with Crippen LogP contribution in [0.15, 0.2) is 0 Å². The van der Waals surface area contributed by atoms with Crippen molar-refractivity contribution in [2.24, 2.45) is 5.92 Å². The zero-order chi connectivity index (χ0) is 13.3. The predicted octanol–water partition coefficient (Wildman–Crippen LogP) is 1.20. The molecule has 0 heterocycles. The van der Waals surface area contributed by atoms with Crippen molar-refractivity contribution in [2.45, 2.75) is 39.2 Å². The normalized spacial score (nSPS) is 13.2. The lowest BCUT2D eigenvalue weighted by Gasteiger charge is -2.18. The molecule has 3 N–H and O–H groups in total. The molecule has 0 spiro atoms. The maximum atomic E-state index is 11.4. The Balaban J connectivity index is 3.72. The van der Waals surface area contributed by atoms with Crippen LogP contribution in [0.25, 0.3) is 0 Å². The van der Waals surface area contributed by atoms with E-state index in [-0.39, 0.29) is 6.03 Å². The number of aliphatic carboxylic acids is 1. The molecule has 96 valence electrons. The van der Waals surface area contributed by atoms with Gasteiger partial charge in [-0.2, -0.15) is 0 Å². The standard InChI is InChI=1S/C12H20N2O3/c1-4-5-6-7-8-13-12(17)14-10(3)9(2)11(15)16/h1,9-10H,5-8H2,2-3H3,(H,15,16)(H2,13,14,17).